The molecule has 0 spiro atoms. The van der Waals surface area contributed by atoms with E-state index in [0.29, 0.717) is 12.0 Å². The predicted octanol–water partition coefficient (Wildman–Crippen LogP) is 5.78. The van der Waals surface area contributed by atoms with Crippen molar-refractivity contribution in [2.24, 2.45) is 0 Å². The zero-order valence-corrected chi connectivity index (χ0v) is 22.5. The Balaban J connectivity index is 2.48. The molecule has 36 heavy (non-hydrogen) atoms. The molecule has 0 aliphatic heterocycles. The number of carbonyl (C=O) groups is 3. The first-order chi connectivity index (χ1) is 16.9. The number of rotatable bonds is 9. The number of nitrogens with one attached hydrogen (secondary N) is 2. The molecule has 0 heterocycles. The van der Waals surface area contributed by atoms with Crippen LogP contribution >= 0.6 is 0 Å². The van der Waals surface area contributed by atoms with Gasteiger partial charge >= 0.3 is 6.09 Å². The molecule has 2 N–H and O–H groups in total. The van der Waals surface area contributed by atoms with Crippen LogP contribution in [0.3, 0.4) is 0 Å². The average Bonchev–Trinajstić information content (AvgIpc) is 2.81. The van der Waals surface area contributed by atoms with Crippen molar-refractivity contribution < 1.29 is 19.1 Å². The van der Waals surface area contributed by atoms with E-state index >= 15 is 0 Å². The molecular weight excluding hydrogens is 454 g/mol. The van der Waals surface area contributed by atoms with Gasteiger partial charge in [0.25, 0.3) is 5.91 Å². The molecule has 2 atom stereocenters. The third kappa shape index (κ3) is 7.70. The van der Waals surface area contributed by atoms with Crippen molar-refractivity contribution in [2.45, 2.75) is 72.6 Å². The summed E-state index contributed by atoms with van der Waals surface area (Å²) < 4.78 is 5.27. The molecule has 0 saturated carbocycles. The van der Waals surface area contributed by atoms with Gasteiger partial charge in [0.2, 0.25) is 5.91 Å². The summed E-state index contributed by atoms with van der Waals surface area (Å²) in [5.74, 6) is -0.722. The van der Waals surface area contributed by atoms with E-state index in [-0.39, 0.29) is 24.4 Å². The normalized spacial score (nSPS) is 12.8. The number of para-hydroxylation sites is 1. The van der Waals surface area contributed by atoms with Gasteiger partial charge in [-0.25, -0.2) is 4.79 Å². The predicted molar refractivity (Wildman–Crippen MR) is 145 cm³/mol. The first-order valence-electron chi connectivity index (χ1n) is 12.3. The number of aryl methyl sites for hydroxylation is 2. The van der Waals surface area contributed by atoms with Crippen LogP contribution in [0.5, 0.6) is 0 Å². The smallest absolute Gasteiger partial charge is 0.408 e. The second-order valence-corrected chi connectivity index (χ2v) is 9.95. The van der Waals surface area contributed by atoms with Crippen LogP contribution in [0.1, 0.15) is 69.3 Å². The first kappa shape index (κ1) is 28.6. The Morgan fingerprint density at radius 2 is 1.69 bits per heavy atom. The molecule has 7 heteroatoms. The van der Waals surface area contributed by atoms with Gasteiger partial charge in [0.05, 0.1) is 0 Å². The quantitative estimate of drug-likeness (QED) is 0.464. The SMILES string of the molecule is C=Cc1cccc(C(C(=O)Nc2c(C)cccc2C)N(C(=O)CNC(=O)OC(C)(C)C)C(C)CC)c1. The van der Waals surface area contributed by atoms with E-state index in [2.05, 4.69) is 17.2 Å². The maximum Gasteiger partial charge on any atom is 0.408 e. The number of hydrogen-bond donors (Lipinski definition) is 2. The minimum absolute atomic E-state index is 0.279. The fourth-order valence-corrected chi connectivity index (χ4v) is 3.89. The van der Waals surface area contributed by atoms with Crippen LogP contribution in [-0.2, 0) is 14.3 Å². The lowest BCUT2D eigenvalue weighted by molar-refractivity contribution is -0.140. The minimum Gasteiger partial charge on any atom is -0.444 e. The molecule has 0 aliphatic rings. The van der Waals surface area contributed by atoms with Gasteiger partial charge < -0.3 is 20.3 Å². The Morgan fingerprint density at radius 1 is 1.08 bits per heavy atom. The molecule has 194 valence electrons. The molecule has 0 bridgehead atoms. The van der Waals surface area contributed by atoms with Crippen molar-refractivity contribution in [3.63, 3.8) is 0 Å². The van der Waals surface area contributed by atoms with Gasteiger partial charge in [-0.1, -0.05) is 56.0 Å². The summed E-state index contributed by atoms with van der Waals surface area (Å²) in [4.78, 5) is 41.1. The van der Waals surface area contributed by atoms with E-state index in [9.17, 15) is 14.4 Å². The molecular formula is C29H39N3O4. The summed E-state index contributed by atoms with van der Waals surface area (Å²) in [6.07, 6.45) is 1.63. The van der Waals surface area contributed by atoms with Crippen molar-refractivity contribution in [3.05, 3.63) is 71.3 Å². The van der Waals surface area contributed by atoms with Crippen molar-refractivity contribution >= 4 is 29.7 Å². The molecule has 0 aromatic heterocycles. The second-order valence-electron chi connectivity index (χ2n) is 9.95. The van der Waals surface area contributed by atoms with Crippen LogP contribution in [0.2, 0.25) is 0 Å². The lowest BCUT2D eigenvalue weighted by Gasteiger charge is -2.36. The fourth-order valence-electron chi connectivity index (χ4n) is 3.89. The molecule has 0 radical (unpaired) electrons. The number of carbonyl (C=O) groups excluding carboxylic acids is 3. The topological polar surface area (TPSA) is 87.7 Å². The number of alkyl carbamates (subject to hydrolysis) is 1. The number of ether oxygens (including phenoxy) is 1. The summed E-state index contributed by atoms with van der Waals surface area (Å²) in [7, 11) is 0. The zero-order valence-electron chi connectivity index (χ0n) is 22.5. The number of nitrogens with zero attached hydrogens (tertiary/aromatic N) is 1. The summed E-state index contributed by atoms with van der Waals surface area (Å²) >= 11 is 0. The highest BCUT2D eigenvalue weighted by Crippen LogP contribution is 2.29. The molecule has 3 amide bonds. The van der Waals surface area contributed by atoms with Crippen LogP contribution < -0.4 is 10.6 Å². The molecule has 0 fully saturated rings. The second kappa shape index (κ2) is 12.4. The highest BCUT2D eigenvalue weighted by molar-refractivity contribution is 5.99. The molecule has 0 aliphatic carbocycles. The largest absolute Gasteiger partial charge is 0.444 e. The summed E-state index contributed by atoms with van der Waals surface area (Å²) in [5.41, 5.74) is 3.37. The van der Waals surface area contributed by atoms with Crippen molar-refractivity contribution in [1.29, 1.82) is 0 Å². The van der Waals surface area contributed by atoms with Crippen molar-refractivity contribution in [1.82, 2.24) is 10.2 Å². The van der Waals surface area contributed by atoms with E-state index in [1.165, 1.54) is 0 Å². The van der Waals surface area contributed by atoms with Gasteiger partial charge in [-0.2, -0.15) is 0 Å². The molecule has 2 unspecified atom stereocenters. The monoisotopic (exact) mass is 493 g/mol. The van der Waals surface area contributed by atoms with E-state index < -0.39 is 17.7 Å². The number of anilines is 1. The van der Waals surface area contributed by atoms with E-state index in [1.54, 1.807) is 31.7 Å². The Bertz CT molecular complexity index is 1080. The van der Waals surface area contributed by atoms with Crippen LogP contribution in [0, 0.1) is 13.8 Å². The average molecular weight is 494 g/mol. The maximum atomic E-state index is 13.9. The number of benzene rings is 2. The Hall–Kier alpha value is -3.61. The van der Waals surface area contributed by atoms with Crippen LogP contribution in [0.25, 0.3) is 6.08 Å². The van der Waals surface area contributed by atoms with Gasteiger partial charge in [-0.05, 0) is 76.3 Å². The van der Waals surface area contributed by atoms with Crippen LogP contribution in [0.4, 0.5) is 10.5 Å². The zero-order chi connectivity index (χ0) is 27.0. The molecule has 2 rings (SSSR count). The van der Waals surface area contributed by atoms with Crippen LogP contribution in [-0.4, -0.2) is 41.0 Å². The summed E-state index contributed by atoms with van der Waals surface area (Å²) in [6, 6.07) is 12.0. The highest BCUT2D eigenvalue weighted by atomic mass is 16.6. The third-order valence-electron chi connectivity index (χ3n) is 5.85. The van der Waals surface area contributed by atoms with Gasteiger partial charge in [0.1, 0.15) is 18.2 Å². The summed E-state index contributed by atoms with van der Waals surface area (Å²) in [6.45, 7) is 16.5. The lowest BCUT2D eigenvalue weighted by atomic mass is 9.98. The Morgan fingerprint density at radius 3 is 2.25 bits per heavy atom. The number of amides is 3. The van der Waals surface area contributed by atoms with Crippen molar-refractivity contribution in [3.8, 4) is 0 Å². The van der Waals surface area contributed by atoms with Crippen molar-refractivity contribution in [2.75, 3.05) is 11.9 Å². The van der Waals surface area contributed by atoms with Gasteiger partial charge in [-0.3, -0.25) is 9.59 Å². The van der Waals surface area contributed by atoms with Crippen LogP contribution in [0.15, 0.2) is 49.0 Å². The molecule has 0 saturated heterocycles. The first-order valence-corrected chi connectivity index (χ1v) is 12.3. The van der Waals surface area contributed by atoms with E-state index in [1.807, 2.05) is 70.2 Å². The van der Waals surface area contributed by atoms with Gasteiger partial charge in [0, 0.05) is 11.7 Å². The minimum atomic E-state index is -0.924. The van der Waals surface area contributed by atoms with Gasteiger partial charge in [0.15, 0.2) is 0 Å². The maximum absolute atomic E-state index is 13.9. The highest BCUT2D eigenvalue weighted by Gasteiger charge is 2.35. The molecule has 2 aromatic carbocycles. The van der Waals surface area contributed by atoms with Gasteiger partial charge in [-0.15, -0.1) is 0 Å². The number of hydrogen-bond acceptors (Lipinski definition) is 4. The fraction of sp³-hybridized carbons (Fsp3) is 0.414. The summed E-state index contributed by atoms with van der Waals surface area (Å²) in [5, 5.41) is 5.59. The van der Waals surface area contributed by atoms with E-state index in [4.69, 9.17) is 4.74 Å². The lowest BCUT2D eigenvalue weighted by Crippen LogP contribution is -2.50. The molecule has 7 nitrogen and oxygen atoms in total. The third-order valence-corrected chi connectivity index (χ3v) is 5.85. The Kier molecular flexibility index (Phi) is 9.84. The molecule has 2 aromatic rings. The standard InChI is InChI=1S/C29H39N3O4/c1-9-21(5)32(24(33)18-30-28(35)36-29(6,7)8)26(23-16-12-15-22(10-2)17-23)27(34)31-25-19(3)13-11-14-20(25)4/h10-17,21,26H,2,9,18H2,1,3-8H3,(H,30,35)(H,31,34). The van der Waals surface area contributed by atoms with E-state index in [0.717, 1.165) is 22.4 Å². The Labute approximate surface area is 214 Å².